The van der Waals surface area contributed by atoms with Crippen LogP contribution in [0.4, 0.5) is 10.1 Å². The molecule has 3 aromatic rings. The molecule has 0 N–H and O–H groups in total. The lowest BCUT2D eigenvalue weighted by Crippen LogP contribution is -2.22. The maximum atomic E-state index is 13.4. The van der Waals surface area contributed by atoms with E-state index in [1.165, 1.54) is 19.2 Å². The van der Waals surface area contributed by atoms with Crippen LogP contribution in [0.2, 0.25) is 0 Å². The Labute approximate surface area is 169 Å². The van der Waals surface area contributed by atoms with E-state index in [0.717, 1.165) is 22.4 Å². The van der Waals surface area contributed by atoms with Gasteiger partial charge in [-0.15, -0.1) is 0 Å². The smallest absolute Gasteiger partial charge is 0.308 e. The number of nitrogens with zero attached hydrogens (tertiary/aromatic N) is 1. The number of carbonyl (C=O) groups excluding carboxylic acids is 1. The minimum absolute atomic E-state index is 0.0834. The molecule has 0 radical (unpaired) electrons. The highest BCUT2D eigenvalue weighted by atomic mass is 19.1. The molecule has 0 bridgehead atoms. The van der Waals surface area contributed by atoms with Gasteiger partial charge in [-0.1, -0.05) is 54.6 Å². The lowest BCUT2D eigenvalue weighted by Gasteiger charge is -2.25. The highest BCUT2D eigenvalue weighted by Crippen LogP contribution is 2.39. The average Bonchev–Trinajstić information content (AvgIpc) is 3.18. The van der Waals surface area contributed by atoms with Gasteiger partial charge in [0, 0.05) is 6.42 Å². The fourth-order valence-corrected chi connectivity index (χ4v) is 3.64. The second-order valence-corrected chi connectivity index (χ2v) is 7.05. The summed E-state index contributed by atoms with van der Waals surface area (Å²) >= 11 is 0. The lowest BCUT2D eigenvalue weighted by molar-refractivity contribution is -0.143. The number of methoxy groups -OCH3 is 1. The predicted octanol–water partition coefficient (Wildman–Crippen LogP) is 5.31. The Morgan fingerprint density at radius 1 is 1.00 bits per heavy atom. The quantitative estimate of drug-likeness (QED) is 0.553. The van der Waals surface area contributed by atoms with Crippen molar-refractivity contribution in [1.82, 2.24) is 0 Å². The Hall–Kier alpha value is -3.18. The fourth-order valence-electron chi connectivity index (χ4n) is 3.64. The molecule has 1 aliphatic rings. The van der Waals surface area contributed by atoms with E-state index in [4.69, 9.17) is 9.57 Å². The van der Waals surface area contributed by atoms with Gasteiger partial charge in [0.2, 0.25) is 0 Å². The summed E-state index contributed by atoms with van der Waals surface area (Å²) in [5.41, 5.74) is 4.10. The zero-order valence-electron chi connectivity index (χ0n) is 16.1. The van der Waals surface area contributed by atoms with Crippen LogP contribution >= 0.6 is 0 Å². The molecule has 0 amide bonds. The first kappa shape index (κ1) is 19.2. The van der Waals surface area contributed by atoms with E-state index in [2.05, 4.69) is 36.4 Å². The third kappa shape index (κ3) is 4.30. The number of hydrogen-bond acceptors (Lipinski definition) is 4. The number of carbonyl (C=O) groups is 1. The number of hydroxylamine groups is 1. The molecule has 0 saturated carbocycles. The first-order chi connectivity index (χ1) is 14.1. The van der Waals surface area contributed by atoms with Crippen molar-refractivity contribution in [3.8, 4) is 11.1 Å². The Morgan fingerprint density at radius 3 is 2.31 bits per heavy atom. The molecule has 5 heteroatoms. The molecule has 1 fully saturated rings. The van der Waals surface area contributed by atoms with E-state index >= 15 is 0 Å². The molecule has 4 rings (SSSR count). The molecule has 2 atom stereocenters. The topological polar surface area (TPSA) is 38.8 Å². The zero-order chi connectivity index (χ0) is 20.2. The van der Waals surface area contributed by atoms with Crippen LogP contribution in [0.15, 0.2) is 78.9 Å². The van der Waals surface area contributed by atoms with Gasteiger partial charge in [0.05, 0.1) is 31.4 Å². The van der Waals surface area contributed by atoms with Gasteiger partial charge in [-0.2, -0.15) is 0 Å². The van der Waals surface area contributed by atoms with Gasteiger partial charge in [0.1, 0.15) is 5.82 Å². The van der Waals surface area contributed by atoms with E-state index in [-0.39, 0.29) is 30.4 Å². The van der Waals surface area contributed by atoms with Gasteiger partial charge in [-0.05, 0) is 41.0 Å². The second kappa shape index (κ2) is 8.45. The third-order valence-electron chi connectivity index (χ3n) is 5.14. The minimum Gasteiger partial charge on any atom is -0.469 e. The maximum Gasteiger partial charge on any atom is 0.308 e. The van der Waals surface area contributed by atoms with Crippen molar-refractivity contribution in [2.75, 3.05) is 12.2 Å². The van der Waals surface area contributed by atoms with Crippen molar-refractivity contribution in [2.24, 2.45) is 0 Å². The zero-order valence-corrected chi connectivity index (χ0v) is 16.1. The van der Waals surface area contributed by atoms with E-state index in [0.29, 0.717) is 6.42 Å². The molecule has 0 spiro atoms. The van der Waals surface area contributed by atoms with Crippen LogP contribution < -0.4 is 5.06 Å². The molecule has 148 valence electrons. The Kier molecular flexibility index (Phi) is 5.58. The van der Waals surface area contributed by atoms with E-state index in [1.807, 2.05) is 18.2 Å². The summed E-state index contributed by atoms with van der Waals surface area (Å²) in [5.74, 6) is -0.614. The van der Waals surface area contributed by atoms with Crippen molar-refractivity contribution in [3.05, 3.63) is 90.2 Å². The molecule has 1 heterocycles. The summed E-state index contributed by atoms with van der Waals surface area (Å²) in [6.45, 7) is 0. The molecule has 0 aliphatic carbocycles. The third-order valence-corrected chi connectivity index (χ3v) is 5.14. The summed E-state index contributed by atoms with van der Waals surface area (Å²) in [6, 6.07) is 24.6. The van der Waals surface area contributed by atoms with Gasteiger partial charge in [-0.25, -0.2) is 9.45 Å². The van der Waals surface area contributed by atoms with Crippen molar-refractivity contribution in [2.45, 2.75) is 25.0 Å². The van der Waals surface area contributed by atoms with Crippen LogP contribution in [-0.4, -0.2) is 19.2 Å². The summed E-state index contributed by atoms with van der Waals surface area (Å²) < 4.78 is 18.2. The van der Waals surface area contributed by atoms with Crippen LogP contribution in [0.3, 0.4) is 0 Å². The molecule has 4 nitrogen and oxygen atoms in total. The largest absolute Gasteiger partial charge is 0.469 e. The Morgan fingerprint density at radius 2 is 1.66 bits per heavy atom. The Balaban J connectivity index is 1.61. The molecule has 29 heavy (non-hydrogen) atoms. The van der Waals surface area contributed by atoms with E-state index < -0.39 is 0 Å². The number of benzene rings is 3. The van der Waals surface area contributed by atoms with E-state index in [9.17, 15) is 9.18 Å². The number of hydrogen-bond donors (Lipinski definition) is 0. The van der Waals surface area contributed by atoms with E-state index in [1.54, 1.807) is 17.2 Å². The fraction of sp³-hybridized carbons (Fsp3) is 0.208. The normalized spacial score (nSPS) is 18.6. The second-order valence-electron chi connectivity index (χ2n) is 7.05. The molecule has 0 aromatic heterocycles. The molecule has 1 saturated heterocycles. The SMILES string of the molecule is COC(=O)CC1CC(c2ccc(-c3ccccc3)cc2)N(c2ccc(F)cc2)O1. The maximum absolute atomic E-state index is 13.4. The van der Waals surface area contributed by atoms with Crippen LogP contribution in [0, 0.1) is 5.82 Å². The highest BCUT2D eigenvalue weighted by Gasteiger charge is 2.36. The summed E-state index contributed by atoms with van der Waals surface area (Å²) in [5, 5.41) is 1.77. The first-order valence-corrected chi connectivity index (χ1v) is 9.58. The van der Waals surface area contributed by atoms with Gasteiger partial charge in [0.15, 0.2) is 0 Å². The minimum atomic E-state index is -0.311. The van der Waals surface area contributed by atoms with Crippen LogP contribution in [0.5, 0.6) is 0 Å². The molecule has 2 unspecified atom stereocenters. The van der Waals surface area contributed by atoms with Crippen LogP contribution in [0.1, 0.15) is 24.4 Å². The average molecular weight is 391 g/mol. The van der Waals surface area contributed by atoms with Gasteiger partial charge in [0.25, 0.3) is 0 Å². The lowest BCUT2D eigenvalue weighted by atomic mass is 9.97. The molecular weight excluding hydrogens is 369 g/mol. The number of rotatable bonds is 5. The number of halogens is 1. The van der Waals surface area contributed by atoms with Crippen molar-refractivity contribution < 1.29 is 18.8 Å². The standard InChI is InChI=1S/C24H22FNO3/c1-28-24(27)16-22-15-23(26(29-22)21-13-11-20(25)12-14-21)19-9-7-18(8-10-19)17-5-3-2-4-6-17/h2-14,22-23H,15-16H2,1H3. The highest BCUT2D eigenvalue weighted by molar-refractivity contribution is 5.70. The van der Waals surface area contributed by atoms with Crippen LogP contribution in [0.25, 0.3) is 11.1 Å². The Bertz CT molecular complexity index is 958. The molecule has 1 aliphatic heterocycles. The summed E-state index contributed by atoms with van der Waals surface area (Å²) in [6.07, 6.45) is 0.510. The van der Waals surface area contributed by atoms with Gasteiger partial charge >= 0.3 is 5.97 Å². The van der Waals surface area contributed by atoms with Crippen molar-refractivity contribution in [3.63, 3.8) is 0 Å². The summed E-state index contributed by atoms with van der Waals surface area (Å²) in [4.78, 5) is 17.8. The van der Waals surface area contributed by atoms with Crippen molar-refractivity contribution >= 4 is 11.7 Å². The van der Waals surface area contributed by atoms with Gasteiger partial charge < -0.3 is 4.74 Å². The van der Waals surface area contributed by atoms with Gasteiger partial charge in [-0.3, -0.25) is 9.63 Å². The predicted molar refractivity (Wildman–Crippen MR) is 110 cm³/mol. The summed E-state index contributed by atoms with van der Waals surface area (Å²) in [7, 11) is 1.37. The molecule has 3 aromatic carbocycles. The van der Waals surface area contributed by atoms with Crippen molar-refractivity contribution in [1.29, 1.82) is 0 Å². The number of esters is 1. The number of anilines is 1. The monoisotopic (exact) mass is 391 g/mol. The van der Waals surface area contributed by atoms with Crippen LogP contribution in [-0.2, 0) is 14.4 Å². The first-order valence-electron chi connectivity index (χ1n) is 9.58. The number of ether oxygens (including phenoxy) is 1. The molecular formula is C24H22FNO3.